The number of halogens is 8. The maximum Gasteiger partial charge on any atom is 0.416 e. The first-order valence-electron chi connectivity index (χ1n) is 12.1. The number of piperidine rings is 1. The molecule has 13 heteroatoms. The number of amides is 2. The molecule has 2 fully saturated rings. The van der Waals surface area contributed by atoms with Crippen molar-refractivity contribution in [1.82, 2.24) is 9.80 Å². The van der Waals surface area contributed by atoms with Crippen LogP contribution < -0.4 is 4.90 Å². The summed E-state index contributed by atoms with van der Waals surface area (Å²) >= 11 is 0. The van der Waals surface area contributed by atoms with Crippen molar-refractivity contribution >= 4 is 17.5 Å². The number of hydrogen-bond acceptors (Lipinski definition) is 3. The second-order valence-corrected chi connectivity index (χ2v) is 9.76. The zero-order valence-electron chi connectivity index (χ0n) is 20.9. The third kappa shape index (κ3) is 5.27. The monoisotopic (exact) mass is 563 g/mol. The van der Waals surface area contributed by atoms with Gasteiger partial charge in [-0.2, -0.15) is 26.3 Å². The van der Waals surface area contributed by atoms with Gasteiger partial charge in [0.05, 0.1) is 17.7 Å². The van der Waals surface area contributed by atoms with Crippen LogP contribution in [0.15, 0.2) is 42.5 Å². The zero-order chi connectivity index (χ0) is 28.9. The van der Waals surface area contributed by atoms with E-state index in [0.717, 1.165) is 15.4 Å². The van der Waals surface area contributed by atoms with E-state index in [1.54, 1.807) is 43.0 Å². The predicted octanol–water partition coefficient (Wildman–Crippen LogP) is 5.97. The van der Waals surface area contributed by atoms with Crippen LogP contribution in [0.5, 0.6) is 0 Å². The molecule has 2 aliphatic rings. The molecule has 1 atom stereocenters. The van der Waals surface area contributed by atoms with Crippen molar-refractivity contribution in [1.29, 1.82) is 0 Å². The van der Waals surface area contributed by atoms with E-state index in [4.69, 9.17) is 0 Å². The van der Waals surface area contributed by atoms with Crippen LogP contribution in [0.4, 0.5) is 40.8 Å². The highest BCUT2D eigenvalue weighted by Crippen LogP contribution is 2.44. The minimum absolute atomic E-state index is 0.0545. The normalized spacial score (nSPS) is 19.9. The highest BCUT2D eigenvalue weighted by atomic mass is 19.4. The Morgan fingerprint density at radius 2 is 1.51 bits per heavy atom. The van der Waals surface area contributed by atoms with Gasteiger partial charge in [0.2, 0.25) is 5.91 Å². The molecule has 0 aromatic heterocycles. The molecule has 1 unspecified atom stereocenters. The summed E-state index contributed by atoms with van der Waals surface area (Å²) in [6, 6.07) is 7.72. The van der Waals surface area contributed by atoms with E-state index in [1.165, 1.54) is 0 Å². The Labute approximate surface area is 219 Å². The van der Waals surface area contributed by atoms with Crippen LogP contribution in [0.2, 0.25) is 0 Å². The molecule has 0 saturated carbocycles. The van der Waals surface area contributed by atoms with Crippen molar-refractivity contribution in [2.75, 3.05) is 24.5 Å². The highest BCUT2D eigenvalue weighted by Gasteiger charge is 2.58. The van der Waals surface area contributed by atoms with Crippen molar-refractivity contribution < 1.29 is 44.7 Å². The average molecular weight is 563 g/mol. The number of hydrogen-bond donors (Lipinski definition) is 0. The summed E-state index contributed by atoms with van der Waals surface area (Å²) in [7, 11) is 0. The van der Waals surface area contributed by atoms with E-state index < -0.39 is 65.5 Å². The molecule has 1 spiro atoms. The van der Waals surface area contributed by atoms with Crippen LogP contribution in [0.3, 0.4) is 0 Å². The zero-order valence-corrected chi connectivity index (χ0v) is 20.9. The van der Waals surface area contributed by atoms with Gasteiger partial charge in [-0.1, -0.05) is 18.2 Å². The largest absolute Gasteiger partial charge is 0.416 e. The second-order valence-electron chi connectivity index (χ2n) is 9.76. The Balaban J connectivity index is 1.66. The van der Waals surface area contributed by atoms with Gasteiger partial charge in [-0.05, 0) is 56.5 Å². The first-order chi connectivity index (χ1) is 18.1. The van der Waals surface area contributed by atoms with Crippen LogP contribution in [0.1, 0.15) is 46.8 Å². The fourth-order valence-corrected chi connectivity index (χ4v) is 5.48. The summed E-state index contributed by atoms with van der Waals surface area (Å²) in [6.45, 7) is 2.23. The molecule has 4 rings (SSSR count). The molecule has 2 heterocycles. The molecule has 2 amide bonds. The summed E-state index contributed by atoms with van der Waals surface area (Å²) in [4.78, 5) is 30.6. The molecule has 5 nitrogen and oxygen atoms in total. The maximum atomic E-state index is 13.6. The summed E-state index contributed by atoms with van der Waals surface area (Å²) in [5.41, 5.74) is -3.92. The summed E-state index contributed by atoms with van der Waals surface area (Å²) in [6.07, 6.45) is -13.9. The second kappa shape index (κ2) is 9.98. The van der Waals surface area contributed by atoms with Gasteiger partial charge in [-0.25, -0.2) is 8.78 Å². The number of rotatable bonds is 4. The van der Waals surface area contributed by atoms with E-state index in [9.17, 15) is 44.7 Å². The highest BCUT2D eigenvalue weighted by molar-refractivity contribution is 5.97. The number of anilines is 1. The van der Waals surface area contributed by atoms with Crippen LogP contribution in [-0.4, -0.2) is 59.4 Å². The number of nitrogens with zero attached hydrogens (tertiary/aromatic N) is 3. The molecule has 212 valence electrons. The lowest BCUT2D eigenvalue weighted by Crippen LogP contribution is -2.58. The molecule has 2 aromatic carbocycles. The number of alkyl halides is 8. The van der Waals surface area contributed by atoms with Gasteiger partial charge < -0.3 is 14.7 Å². The number of carbonyl (C=O) groups excluding carboxylic acids is 2. The molecule has 0 bridgehead atoms. The lowest BCUT2D eigenvalue weighted by Gasteiger charge is -2.45. The Bertz CT molecular complexity index is 1220. The third-order valence-electron chi connectivity index (χ3n) is 7.37. The van der Waals surface area contributed by atoms with Gasteiger partial charge in [0, 0.05) is 24.3 Å². The molecule has 0 radical (unpaired) electrons. The van der Waals surface area contributed by atoms with Crippen LogP contribution >= 0.6 is 0 Å². The topological polar surface area (TPSA) is 43.9 Å². The van der Waals surface area contributed by atoms with Crippen LogP contribution in [-0.2, 0) is 17.1 Å². The first kappa shape index (κ1) is 28.6. The Kier molecular flexibility index (Phi) is 7.32. The van der Waals surface area contributed by atoms with Gasteiger partial charge in [-0.3, -0.25) is 9.59 Å². The van der Waals surface area contributed by atoms with Gasteiger partial charge in [-0.15, -0.1) is 0 Å². The van der Waals surface area contributed by atoms with Gasteiger partial charge in [0.15, 0.2) is 0 Å². The summed E-state index contributed by atoms with van der Waals surface area (Å²) < 4.78 is 106. The molecule has 2 saturated heterocycles. The van der Waals surface area contributed by atoms with Crippen LogP contribution in [0, 0.1) is 6.92 Å². The lowest BCUT2D eigenvalue weighted by molar-refractivity contribution is -0.143. The predicted molar refractivity (Wildman–Crippen MR) is 125 cm³/mol. The van der Waals surface area contributed by atoms with E-state index >= 15 is 0 Å². The summed E-state index contributed by atoms with van der Waals surface area (Å²) in [5, 5.41) is 0. The van der Waals surface area contributed by atoms with Crippen LogP contribution in [0.25, 0.3) is 0 Å². The Hall–Kier alpha value is -3.38. The smallest absolute Gasteiger partial charge is 0.338 e. The van der Waals surface area contributed by atoms with E-state index in [1.807, 2.05) is 0 Å². The van der Waals surface area contributed by atoms with Crippen molar-refractivity contribution in [3.63, 3.8) is 0 Å². The minimum Gasteiger partial charge on any atom is -0.338 e. The fraction of sp³-hybridized carbons (Fsp3) is 0.462. The standard InChI is InChI=1S/C26H25F8N3O2/c1-15-5-3-4-6-20(15)37-16(2)36(14-21(27)28)23(39)24(37)7-9-35(10-8-24)22(38)17-11-18(25(29,30)31)13-19(12-17)26(32,33)34/h3-6,11-13,16,21H,7-10,14H2,1-2H3. The molecular weight excluding hydrogens is 538 g/mol. The number of benzene rings is 2. The first-order valence-corrected chi connectivity index (χ1v) is 12.1. The Morgan fingerprint density at radius 3 is 2.00 bits per heavy atom. The average Bonchev–Trinajstić information content (AvgIpc) is 3.04. The maximum absolute atomic E-state index is 13.6. The number of para-hydroxylation sites is 1. The lowest BCUT2D eigenvalue weighted by atomic mass is 9.84. The minimum atomic E-state index is -5.11. The van der Waals surface area contributed by atoms with E-state index in [-0.39, 0.29) is 32.0 Å². The number of aryl methyl sites for hydroxylation is 1. The molecule has 0 aliphatic carbocycles. The van der Waals surface area contributed by atoms with Crippen molar-refractivity contribution in [2.45, 2.75) is 57.2 Å². The number of carbonyl (C=O) groups is 2. The molecule has 0 N–H and O–H groups in total. The SMILES string of the molecule is Cc1ccccc1N1C(C)N(CC(F)F)C(=O)C12CCN(C(=O)c1cc(C(F)(F)F)cc(C(F)(F)F)c1)CC2. The molecule has 2 aromatic rings. The van der Waals surface area contributed by atoms with Crippen molar-refractivity contribution in [3.05, 3.63) is 64.7 Å². The fourth-order valence-electron chi connectivity index (χ4n) is 5.48. The van der Waals surface area contributed by atoms with E-state index in [2.05, 4.69) is 0 Å². The third-order valence-corrected chi connectivity index (χ3v) is 7.37. The molecule has 39 heavy (non-hydrogen) atoms. The van der Waals surface area contributed by atoms with E-state index in [0.29, 0.717) is 17.8 Å². The van der Waals surface area contributed by atoms with Crippen molar-refractivity contribution in [2.24, 2.45) is 0 Å². The van der Waals surface area contributed by atoms with Gasteiger partial charge >= 0.3 is 12.4 Å². The molecular formula is C26H25F8N3O2. The molecule has 2 aliphatic heterocycles. The number of likely N-dealkylation sites (tertiary alicyclic amines) is 1. The van der Waals surface area contributed by atoms with Crippen molar-refractivity contribution in [3.8, 4) is 0 Å². The van der Waals surface area contributed by atoms with Gasteiger partial charge in [0.25, 0.3) is 12.3 Å². The Morgan fingerprint density at radius 1 is 0.974 bits per heavy atom. The summed E-state index contributed by atoms with van der Waals surface area (Å²) in [5.74, 6) is -1.61. The quantitative estimate of drug-likeness (QED) is 0.431. The van der Waals surface area contributed by atoms with Gasteiger partial charge in [0.1, 0.15) is 11.7 Å².